The van der Waals surface area contributed by atoms with Crippen molar-refractivity contribution in [2.24, 2.45) is 5.73 Å². The van der Waals surface area contributed by atoms with Crippen molar-refractivity contribution in [3.05, 3.63) is 35.6 Å². The van der Waals surface area contributed by atoms with E-state index in [1.54, 1.807) is 0 Å². The molecule has 0 aliphatic heterocycles. The highest BCUT2D eigenvalue weighted by atomic mass is 19.1. The van der Waals surface area contributed by atoms with Gasteiger partial charge in [0.2, 0.25) is 5.91 Å². The Kier molecular flexibility index (Phi) is 2.68. The first-order valence-electron chi connectivity index (χ1n) is 4.98. The van der Waals surface area contributed by atoms with Crippen LogP contribution < -0.4 is 11.1 Å². The summed E-state index contributed by atoms with van der Waals surface area (Å²) < 4.78 is 12.6. The quantitative estimate of drug-likeness (QED) is 0.781. The van der Waals surface area contributed by atoms with Gasteiger partial charge in [-0.05, 0) is 30.5 Å². The Bertz CT molecular complexity index is 359. The van der Waals surface area contributed by atoms with Gasteiger partial charge < -0.3 is 11.1 Å². The summed E-state index contributed by atoms with van der Waals surface area (Å²) in [5.41, 5.74) is 6.36. The number of nitrogens with one attached hydrogen (secondary N) is 1. The summed E-state index contributed by atoms with van der Waals surface area (Å²) >= 11 is 0. The molecule has 1 aromatic carbocycles. The van der Waals surface area contributed by atoms with E-state index in [0.717, 1.165) is 12.8 Å². The van der Waals surface area contributed by atoms with Crippen LogP contribution in [-0.4, -0.2) is 11.9 Å². The van der Waals surface area contributed by atoms with Gasteiger partial charge in [0.15, 0.2) is 0 Å². The third kappa shape index (κ3) is 2.53. The third-order valence-corrected chi connectivity index (χ3v) is 2.44. The fourth-order valence-corrected chi connectivity index (χ4v) is 1.34. The molecule has 1 unspecified atom stereocenters. The smallest absolute Gasteiger partial charge is 0.241 e. The molecule has 1 aliphatic carbocycles. The minimum absolute atomic E-state index is 0.191. The standard InChI is InChI=1S/C11H13FN2O/c12-8-3-1-7(2-4-8)10(13)11(15)14-9-5-6-9/h1-4,9-10H,5-6,13H2,(H,14,15). The molecule has 0 radical (unpaired) electrons. The number of carbonyl (C=O) groups is 1. The van der Waals surface area contributed by atoms with Crippen LogP contribution in [0, 0.1) is 5.82 Å². The molecule has 3 nitrogen and oxygen atoms in total. The Morgan fingerprint density at radius 2 is 2.00 bits per heavy atom. The van der Waals surface area contributed by atoms with E-state index in [-0.39, 0.29) is 11.7 Å². The Hall–Kier alpha value is -1.42. The molecule has 0 bridgehead atoms. The lowest BCUT2D eigenvalue weighted by Crippen LogP contribution is -2.35. The Labute approximate surface area is 87.5 Å². The van der Waals surface area contributed by atoms with E-state index < -0.39 is 6.04 Å². The molecular weight excluding hydrogens is 195 g/mol. The monoisotopic (exact) mass is 208 g/mol. The van der Waals surface area contributed by atoms with E-state index in [0.29, 0.717) is 11.6 Å². The molecule has 0 saturated heterocycles. The van der Waals surface area contributed by atoms with Gasteiger partial charge >= 0.3 is 0 Å². The Morgan fingerprint density at radius 1 is 1.40 bits per heavy atom. The topological polar surface area (TPSA) is 55.1 Å². The van der Waals surface area contributed by atoms with Gasteiger partial charge in [-0.1, -0.05) is 12.1 Å². The van der Waals surface area contributed by atoms with E-state index in [1.807, 2.05) is 0 Å². The Morgan fingerprint density at radius 3 is 2.53 bits per heavy atom. The lowest BCUT2D eigenvalue weighted by molar-refractivity contribution is -0.122. The first-order chi connectivity index (χ1) is 7.16. The number of benzene rings is 1. The van der Waals surface area contributed by atoms with Gasteiger partial charge in [-0.25, -0.2) is 4.39 Å². The molecule has 4 heteroatoms. The maximum Gasteiger partial charge on any atom is 0.241 e. The Balaban J connectivity index is 2.02. The van der Waals surface area contributed by atoms with Crippen molar-refractivity contribution in [1.29, 1.82) is 0 Å². The first kappa shape index (κ1) is 10.1. The fraction of sp³-hybridized carbons (Fsp3) is 0.364. The van der Waals surface area contributed by atoms with Crippen molar-refractivity contribution in [3.63, 3.8) is 0 Å². The summed E-state index contributed by atoms with van der Waals surface area (Å²) in [7, 11) is 0. The van der Waals surface area contributed by atoms with Gasteiger partial charge in [-0.15, -0.1) is 0 Å². The largest absolute Gasteiger partial charge is 0.352 e. The summed E-state index contributed by atoms with van der Waals surface area (Å²) in [6.07, 6.45) is 2.06. The van der Waals surface area contributed by atoms with Crippen LogP contribution in [0.25, 0.3) is 0 Å². The summed E-state index contributed by atoms with van der Waals surface area (Å²) in [5, 5.41) is 2.81. The summed E-state index contributed by atoms with van der Waals surface area (Å²) in [5.74, 6) is -0.516. The molecule has 0 heterocycles. The second kappa shape index (κ2) is 3.98. The highest BCUT2D eigenvalue weighted by Crippen LogP contribution is 2.20. The van der Waals surface area contributed by atoms with Crippen LogP contribution in [0.2, 0.25) is 0 Å². The molecule has 3 N–H and O–H groups in total. The van der Waals surface area contributed by atoms with Gasteiger partial charge in [0, 0.05) is 6.04 Å². The van der Waals surface area contributed by atoms with Crippen molar-refractivity contribution in [2.45, 2.75) is 24.9 Å². The van der Waals surface area contributed by atoms with Crippen LogP contribution in [0.15, 0.2) is 24.3 Å². The van der Waals surface area contributed by atoms with Gasteiger partial charge in [-0.2, -0.15) is 0 Å². The van der Waals surface area contributed by atoms with Gasteiger partial charge in [0.25, 0.3) is 0 Å². The highest BCUT2D eigenvalue weighted by Gasteiger charge is 2.26. The summed E-state index contributed by atoms with van der Waals surface area (Å²) in [4.78, 5) is 11.5. The second-order valence-corrected chi connectivity index (χ2v) is 3.81. The van der Waals surface area contributed by atoms with Gasteiger partial charge in [-0.3, -0.25) is 4.79 Å². The zero-order valence-electron chi connectivity index (χ0n) is 8.24. The molecule has 2 rings (SSSR count). The molecule has 1 atom stereocenters. The zero-order chi connectivity index (χ0) is 10.8. The first-order valence-corrected chi connectivity index (χ1v) is 4.98. The minimum Gasteiger partial charge on any atom is -0.352 e. The molecule has 1 aliphatic rings. The maximum absolute atomic E-state index is 12.6. The highest BCUT2D eigenvalue weighted by molar-refractivity contribution is 5.83. The predicted octanol–water partition coefficient (Wildman–Crippen LogP) is 1.10. The predicted molar refractivity (Wildman–Crippen MR) is 54.5 cm³/mol. The maximum atomic E-state index is 12.6. The molecule has 1 fully saturated rings. The number of rotatable bonds is 3. The second-order valence-electron chi connectivity index (χ2n) is 3.81. The molecule has 1 saturated carbocycles. The van der Waals surface area contributed by atoms with Crippen LogP contribution in [0.4, 0.5) is 4.39 Å². The minimum atomic E-state index is -0.703. The van der Waals surface area contributed by atoms with Crippen molar-refractivity contribution >= 4 is 5.91 Å². The van der Waals surface area contributed by atoms with Crippen LogP contribution in [0.1, 0.15) is 24.4 Å². The van der Waals surface area contributed by atoms with Crippen LogP contribution >= 0.6 is 0 Å². The van der Waals surface area contributed by atoms with Crippen molar-refractivity contribution in [2.75, 3.05) is 0 Å². The molecule has 0 spiro atoms. The molecule has 1 amide bonds. The van der Waals surface area contributed by atoms with Crippen LogP contribution in [0.3, 0.4) is 0 Å². The van der Waals surface area contributed by atoms with Gasteiger partial charge in [0.1, 0.15) is 11.9 Å². The van der Waals surface area contributed by atoms with Crippen molar-refractivity contribution in [1.82, 2.24) is 5.32 Å². The number of nitrogens with two attached hydrogens (primary N) is 1. The van der Waals surface area contributed by atoms with E-state index in [4.69, 9.17) is 5.73 Å². The van der Waals surface area contributed by atoms with Crippen molar-refractivity contribution < 1.29 is 9.18 Å². The number of halogens is 1. The molecular formula is C11H13FN2O. The van der Waals surface area contributed by atoms with Gasteiger partial charge in [0.05, 0.1) is 0 Å². The average Bonchev–Trinajstić information content (AvgIpc) is 3.02. The van der Waals surface area contributed by atoms with E-state index in [1.165, 1.54) is 24.3 Å². The van der Waals surface area contributed by atoms with E-state index in [2.05, 4.69) is 5.32 Å². The lowest BCUT2D eigenvalue weighted by Gasteiger charge is -2.11. The van der Waals surface area contributed by atoms with E-state index in [9.17, 15) is 9.18 Å². The molecule has 15 heavy (non-hydrogen) atoms. The number of hydrogen-bond donors (Lipinski definition) is 2. The molecule has 1 aromatic rings. The SMILES string of the molecule is NC(C(=O)NC1CC1)c1ccc(F)cc1. The summed E-state index contributed by atoms with van der Waals surface area (Å²) in [6, 6.07) is 5.27. The summed E-state index contributed by atoms with van der Waals surface area (Å²) in [6.45, 7) is 0. The van der Waals surface area contributed by atoms with Crippen molar-refractivity contribution in [3.8, 4) is 0 Å². The van der Waals surface area contributed by atoms with Crippen LogP contribution in [0.5, 0.6) is 0 Å². The van der Waals surface area contributed by atoms with Crippen LogP contribution in [-0.2, 0) is 4.79 Å². The fourth-order valence-electron chi connectivity index (χ4n) is 1.34. The normalized spacial score (nSPS) is 17.2. The zero-order valence-corrected chi connectivity index (χ0v) is 8.24. The number of hydrogen-bond acceptors (Lipinski definition) is 2. The number of amides is 1. The molecule has 80 valence electrons. The molecule has 0 aromatic heterocycles. The number of carbonyl (C=O) groups excluding carboxylic acids is 1. The average molecular weight is 208 g/mol. The lowest BCUT2D eigenvalue weighted by atomic mass is 10.1. The van der Waals surface area contributed by atoms with E-state index >= 15 is 0 Å². The third-order valence-electron chi connectivity index (χ3n) is 2.44.